The number of para-hydroxylation sites is 2. The number of nitrogens with zero attached hydrogens (tertiary/aromatic N) is 2. The van der Waals surface area contributed by atoms with Gasteiger partial charge in [-0.3, -0.25) is 14.2 Å². The van der Waals surface area contributed by atoms with Gasteiger partial charge in [-0.15, -0.1) is 11.3 Å². The summed E-state index contributed by atoms with van der Waals surface area (Å²) in [6.45, 7) is 4.23. The largest absolute Gasteiger partial charge is 0.492 e. The van der Waals surface area contributed by atoms with E-state index in [0.717, 1.165) is 11.3 Å². The lowest BCUT2D eigenvalue weighted by Crippen LogP contribution is -2.33. The summed E-state index contributed by atoms with van der Waals surface area (Å²) in [5.41, 5.74) is 0.0795. The minimum Gasteiger partial charge on any atom is -0.492 e. The summed E-state index contributed by atoms with van der Waals surface area (Å²) >= 11 is 0.977. The molecule has 0 aliphatic heterocycles. The number of hydrogen-bond donors (Lipinski definition) is 1. The van der Waals surface area contributed by atoms with Crippen molar-refractivity contribution >= 4 is 34.6 Å². The predicted molar refractivity (Wildman–Crippen MR) is 119 cm³/mol. The summed E-state index contributed by atoms with van der Waals surface area (Å²) in [5.74, 6) is -0.645. The third-order valence-electron chi connectivity index (χ3n) is 4.40. The molecule has 1 N–H and O–H groups in total. The van der Waals surface area contributed by atoms with E-state index in [1.807, 2.05) is 13.0 Å². The van der Waals surface area contributed by atoms with Crippen LogP contribution in [0.5, 0.6) is 5.75 Å². The Kier molecular flexibility index (Phi) is 7.00. The summed E-state index contributed by atoms with van der Waals surface area (Å²) < 4.78 is 21.3. The molecule has 1 amide bonds. The molecule has 0 spiro atoms. The number of thiazole rings is 1. The summed E-state index contributed by atoms with van der Waals surface area (Å²) in [6, 6.07) is 14.9. The Balaban J connectivity index is 2.13. The van der Waals surface area contributed by atoms with E-state index in [1.54, 1.807) is 49.4 Å². The maximum absolute atomic E-state index is 14.0. The molecule has 0 fully saturated rings. The van der Waals surface area contributed by atoms with Crippen molar-refractivity contribution in [3.05, 3.63) is 79.5 Å². The number of hydrogen-bond acceptors (Lipinski definition) is 5. The van der Waals surface area contributed by atoms with Gasteiger partial charge in [-0.05, 0) is 38.1 Å². The number of carbonyl (C=O) groups is 1. The molecule has 8 heteroatoms. The van der Waals surface area contributed by atoms with Crippen molar-refractivity contribution in [1.82, 2.24) is 4.57 Å². The lowest BCUT2D eigenvalue weighted by molar-refractivity contribution is -0.111. The van der Waals surface area contributed by atoms with Gasteiger partial charge >= 0.3 is 0 Å². The molecule has 0 aliphatic rings. The molecule has 0 aliphatic carbocycles. The predicted octanol–water partition coefficient (Wildman–Crippen LogP) is 2.61. The van der Waals surface area contributed by atoms with Gasteiger partial charge in [0.1, 0.15) is 22.3 Å². The average Bonchev–Trinajstić information content (AvgIpc) is 3.07. The quantitative estimate of drug-likeness (QED) is 0.643. The lowest BCUT2D eigenvalue weighted by Gasteiger charge is -2.10. The van der Waals surface area contributed by atoms with Crippen LogP contribution in [0.4, 0.5) is 10.1 Å². The second-order valence-corrected chi connectivity index (χ2v) is 7.39. The van der Waals surface area contributed by atoms with Crippen LogP contribution in [-0.2, 0) is 11.3 Å². The first-order valence-corrected chi connectivity index (χ1v) is 10.4. The number of ether oxygens (including phenoxy) is 1. The van der Waals surface area contributed by atoms with Gasteiger partial charge in [-0.25, -0.2) is 4.39 Å². The number of anilines is 1. The van der Waals surface area contributed by atoms with Crippen LogP contribution in [0.25, 0.3) is 11.6 Å². The number of rotatable bonds is 6. The first kappa shape index (κ1) is 22.0. The minimum absolute atomic E-state index is 0.205. The van der Waals surface area contributed by atoms with Crippen LogP contribution in [0, 0.1) is 17.1 Å². The van der Waals surface area contributed by atoms with Gasteiger partial charge in [0.15, 0.2) is 5.57 Å². The SMILES string of the molecule is CCOc1ccccc1NC(=O)/C(C#N)=c1\s/c(=C\c2ccccc2F)c(=O)n1CC. The second-order valence-electron chi connectivity index (χ2n) is 6.36. The van der Waals surface area contributed by atoms with Gasteiger partial charge in [-0.1, -0.05) is 30.3 Å². The van der Waals surface area contributed by atoms with E-state index >= 15 is 0 Å². The highest BCUT2D eigenvalue weighted by molar-refractivity contribution is 7.07. The maximum Gasteiger partial charge on any atom is 0.269 e. The molecule has 0 radical (unpaired) electrons. The molecule has 1 heterocycles. The first-order chi connectivity index (χ1) is 15.0. The smallest absolute Gasteiger partial charge is 0.269 e. The topological polar surface area (TPSA) is 84.1 Å². The number of amides is 1. The van der Waals surface area contributed by atoms with E-state index in [0.29, 0.717) is 18.0 Å². The number of halogens is 1. The van der Waals surface area contributed by atoms with E-state index in [1.165, 1.54) is 16.7 Å². The molecule has 31 heavy (non-hydrogen) atoms. The van der Waals surface area contributed by atoms with Crippen LogP contribution in [-0.4, -0.2) is 17.1 Å². The van der Waals surface area contributed by atoms with Crippen LogP contribution in [0.1, 0.15) is 19.4 Å². The van der Waals surface area contributed by atoms with Gasteiger partial charge in [-0.2, -0.15) is 5.26 Å². The summed E-state index contributed by atoms with van der Waals surface area (Å²) in [6.07, 6.45) is 1.43. The number of benzene rings is 2. The Morgan fingerprint density at radius 2 is 1.94 bits per heavy atom. The molecule has 3 rings (SSSR count). The highest BCUT2D eigenvalue weighted by Gasteiger charge is 2.17. The Morgan fingerprint density at radius 3 is 2.61 bits per heavy atom. The molecule has 2 aromatic carbocycles. The van der Waals surface area contributed by atoms with Gasteiger partial charge in [0.25, 0.3) is 11.5 Å². The van der Waals surface area contributed by atoms with Crippen molar-refractivity contribution in [2.75, 3.05) is 11.9 Å². The minimum atomic E-state index is -0.657. The van der Waals surface area contributed by atoms with Gasteiger partial charge < -0.3 is 10.1 Å². The standard InChI is InChI=1S/C23H20FN3O3S/c1-3-27-22(29)20(13-15-9-5-6-10-17(15)24)31-23(27)16(14-25)21(28)26-18-11-7-8-12-19(18)30-4-2/h5-13H,3-4H2,1-2H3,(H,26,28)/b20-13-,23-16-. The Labute approximate surface area is 182 Å². The van der Waals surface area contributed by atoms with Crippen LogP contribution in [0.2, 0.25) is 0 Å². The lowest BCUT2D eigenvalue weighted by atomic mass is 10.2. The van der Waals surface area contributed by atoms with Crippen molar-refractivity contribution < 1.29 is 13.9 Å². The van der Waals surface area contributed by atoms with Crippen LogP contribution in [0.15, 0.2) is 53.3 Å². The Hall–Kier alpha value is -3.70. The summed E-state index contributed by atoms with van der Waals surface area (Å²) in [4.78, 5) is 25.7. The molecule has 158 valence electrons. The summed E-state index contributed by atoms with van der Waals surface area (Å²) in [7, 11) is 0. The van der Waals surface area contributed by atoms with Crippen molar-refractivity contribution in [2.24, 2.45) is 0 Å². The van der Waals surface area contributed by atoms with E-state index in [4.69, 9.17) is 4.74 Å². The van der Waals surface area contributed by atoms with Gasteiger partial charge in [0.2, 0.25) is 0 Å². The number of nitrogens with one attached hydrogen (secondary N) is 1. The highest BCUT2D eigenvalue weighted by atomic mass is 32.1. The fourth-order valence-electron chi connectivity index (χ4n) is 2.96. The zero-order valence-corrected chi connectivity index (χ0v) is 17.8. The van der Waals surface area contributed by atoms with Gasteiger partial charge in [0, 0.05) is 12.1 Å². The molecule has 0 saturated heterocycles. The second kappa shape index (κ2) is 9.87. The fourth-order valence-corrected chi connectivity index (χ4v) is 4.11. The van der Waals surface area contributed by atoms with Crippen LogP contribution >= 0.6 is 11.3 Å². The van der Waals surface area contributed by atoms with E-state index in [-0.39, 0.29) is 32.4 Å². The molecule has 6 nitrogen and oxygen atoms in total. The Bertz CT molecular complexity index is 1340. The first-order valence-electron chi connectivity index (χ1n) is 9.63. The average molecular weight is 437 g/mol. The molecule has 0 saturated carbocycles. The van der Waals surface area contributed by atoms with Crippen LogP contribution in [0.3, 0.4) is 0 Å². The molecular weight excluding hydrogens is 417 g/mol. The number of aromatic nitrogens is 1. The van der Waals surface area contributed by atoms with E-state index in [2.05, 4.69) is 5.32 Å². The third-order valence-corrected chi connectivity index (χ3v) is 5.53. The van der Waals surface area contributed by atoms with Crippen molar-refractivity contribution in [3.63, 3.8) is 0 Å². The normalized spacial score (nSPS) is 12.3. The van der Waals surface area contributed by atoms with E-state index < -0.39 is 11.7 Å². The van der Waals surface area contributed by atoms with Crippen molar-refractivity contribution in [1.29, 1.82) is 5.26 Å². The summed E-state index contributed by atoms with van der Waals surface area (Å²) in [5, 5.41) is 12.4. The molecule has 0 unspecified atom stereocenters. The third kappa shape index (κ3) is 4.73. The number of nitriles is 1. The molecule has 0 bridgehead atoms. The fraction of sp³-hybridized carbons (Fsp3) is 0.174. The molecule has 1 aromatic heterocycles. The Morgan fingerprint density at radius 1 is 1.23 bits per heavy atom. The monoisotopic (exact) mass is 437 g/mol. The molecule has 3 aromatic rings. The maximum atomic E-state index is 14.0. The zero-order valence-electron chi connectivity index (χ0n) is 17.0. The van der Waals surface area contributed by atoms with Crippen molar-refractivity contribution in [2.45, 2.75) is 20.4 Å². The van der Waals surface area contributed by atoms with Crippen molar-refractivity contribution in [3.8, 4) is 11.8 Å². The highest BCUT2D eigenvalue weighted by Crippen LogP contribution is 2.24. The van der Waals surface area contributed by atoms with Crippen LogP contribution < -0.4 is 24.8 Å². The molecular formula is C23H20FN3O3S. The number of carbonyl (C=O) groups excluding carboxylic acids is 1. The van der Waals surface area contributed by atoms with Gasteiger partial charge in [0.05, 0.1) is 16.8 Å². The van der Waals surface area contributed by atoms with E-state index in [9.17, 15) is 19.2 Å². The zero-order chi connectivity index (χ0) is 22.4. The molecule has 0 atom stereocenters.